The average molecular weight is 457 g/mol. The molecular weight excluding hydrogens is 420 g/mol. The Labute approximate surface area is 192 Å². The molecule has 6 unspecified atom stereocenters. The molecule has 6 atom stereocenters. The molecule has 3 saturated carbocycles. The van der Waals surface area contributed by atoms with Crippen LogP contribution in [0.1, 0.15) is 70.8 Å². The standard InChI is InChI=1S/C26H36N2O3S/c1-17-4-7-20(8-5-17)32(30,31)28-27-24-11-10-22-21-9-6-18-16-19(29)12-14-25(18,2)23(21)13-15-26(22,24)3/h4-8,19,21-23,28-29H,9-16H2,1-3H3. The minimum absolute atomic E-state index is 0.0349. The van der Waals surface area contributed by atoms with Crippen LogP contribution in [0.4, 0.5) is 0 Å². The van der Waals surface area contributed by atoms with Crippen LogP contribution in [0, 0.1) is 35.5 Å². The maximum absolute atomic E-state index is 12.8. The minimum atomic E-state index is -3.65. The Hall–Kier alpha value is -1.66. The summed E-state index contributed by atoms with van der Waals surface area (Å²) in [5, 5.41) is 14.7. The van der Waals surface area contributed by atoms with Gasteiger partial charge in [0.1, 0.15) is 0 Å². The number of aliphatic hydroxyl groups excluding tert-OH is 1. The smallest absolute Gasteiger partial charge is 0.276 e. The van der Waals surface area contributed by atoms with Crippen molar-refractivity contribution >= 4 is 15.7 Å². The molecule has 0 amide bonds. The van der Waals surface area contributed by atoms with Gasteiger partial charge in [-0.05, 0) is 93.6 Å². The fourth-order valence-electron chi connectivity index (χ4n) is 7.50. The molecular formula is C26H36N2O3S. The highest BCUT2D eigenvalue weighted by Crippen LogP contribution is 2.64. The Bertz CT molecular complexity index is 1060. The van der Waals surface area contributed by atoms with Crippen molar-refractivity contribution in [1.29, 1.82) is 0 Å². The van der Waals surface area contributed by atoms with Gasteiger partial charge in [0.25, 0.3) is 10.0 Å². The fraction of sp³-hybridized carbons (Fsp3) is 0.654. The number of allylic oxidation sites excluding steroid dienone is 1. The summed E-state index contributed by atoms with van der Waals surface area (Å²) in [6.07, 6.45) is 10.4. The Kier molecular flexibility index (Phi) is 5.33. The van der Waals surface area contributed by atoms with Crippen molar-refractivity contribution in [2.24, 2.45) is 33.7 Å². The first-order valence-electron chi connectivity index (χ1n) is 12.2. The maximum atomic E-state index is 12.8. The number of nitrogens with one attached hydrogen (secondary N) is 1. The van der Waals surface area contributed by atoms with E-state index in [2.05, 4.69) is 29.9 Å². The van der Waals surface area contributed by atoms with Gasteiger partial charge in [-0.1, -0.05) is 43.2 Å². The fourth-order valence-corrected chi connectivity index (χ4v) is 8.33. The van der Waals surface area contributed by atoms with Crippen LogP contribution < -0.4 is 4.83 Å². The van der Waals surface area contributed by atoms with Crippen LogP contribution >= 0.6 is 0 Å². The second-order valence-electron chi connectivity index (χ2n) is 11.1. The molecule has 32 heavy (non-hydrogen) atoms. The summed E-state index contributed by atoms with van der Waals surface area (Å²) in [6.45, 7) is 6.69. The van der Waals surface area contributed by atoms with Gasteiger partial charge in [0.2, 0.25) is 0 Å². The van der Waals surface area contributed by atoms with Gasteiger partial charge in [0, 0.05) is 11.1 Å². The normalized spacial score (nSPS) is 40.2. The quantitative estimate of drug-likeness (QED) is 0.499. The van der Waals surface area contributed by atoms with E-state index < -0.39 is 10.0 Å². The summed E-state index contributed by atoms with van der Waals surface area (Å²) in [7, 11) is -3.65. The van der Waals surface area contributed by atoms with Crippen molar-refractivity contribution in [1.82, 2.24) is 4.83 Å². The number of nitrogens with zero attached hydrogens (tertiary/aromatic N) is 1. The van der Waals surface area contributed by atoms with E-state index in [1.54, 1.807) is 12.1 Å². The third-order valence-electron chi connectivity index (χ3n) is 9.45. The largest absolute Gasteiger partial charge is 0.393 e. The van der Waals surface area contributed by atoms with E-state index in [1.165, 1.54) is 5.57 Å². The van der Waals surface area contributed by atoms with Crippen molar-refractivity contribution in [3.63, 3.8) is 0 Å². The van der Waals surface area contributed by atoms with Gasteiger partial charge in [-0.2, -0.15) is 13.5 Å². The maximum Gasteiger partial charge on any atom is 0.276 e. The topological polar surface area (TPSA) is 78.8 Å². The van der Waals surface area contributed by atoms with Crippen LogP contribution in [0.15, 0.2) is 45.9 Å². The highest BCUT2D eigenvalue weighted by Gasteiger charge is 2.57. The van der Waals surface area contributed by atoms with E-state index in [4.69, 9.17) is 0 Å². The lowest BCUT2D eigenvalue weighted by molar-refractivity contribution is -0.0209. The number of sulfonamides is 1. The van der Waals surface area contributed by atoms with E-state index in [9.17, 15) is 13.5 Å². The van der Waals surface area contributed by atoms with E-state index in [1.807, 2.05) is 19.1 Å². The average Bonchev–Trinajstić information content (AvgIpc) is 3.09. The van der Waals surface area contributed by atoms with Gasteiger partial charge in [0.15, 0.2) is 0 Å². The Balaban J connectivity index is 1.38. The number of aliphatic hydroxyl groups is 1. The molecule has 5 nitrogen and oxygen atoms in total. The first kappa shape index (κ1) is 22.1. The number of hydrogen-bond acceptors (Lipinski definition) is 4. The number of fused-ring (bicyclic) bond motifs is 5. The summed E-state index contributed by atoms with van der Waals surface area (Å²) < 4.78 is 25.5. The lowest BCUT2D eigenvalue weighted by Crippen LogP contribution is -2.50. The van der Waals surface area contributed by atoms with Crippen molar-refractivity contribution < 1.29 is 13.5 Å². The van der Waals surface area contributed by atoms with Gasteiger partial charge in [-0.3, -0.25) is 0 Å². The first-order valence-corrected chi connectivity index (χ1v) is 13.6. The second-order valence-corrected chi connectivity index (χ2v) is 12.8. The van der Waals surface area contributed by atoms with Crippen molar-refractivity contribution in [2.75, 3.05) is 0 Å². The van der Waals surface area contributed by atoms with Crippen LogP contribution in [-0.2, 0) is 10.0 Å². The molecule has 0 spiro atoms. The highest BCUT2D eigenvalue weighted by atomic mass is 32.2. The van der Waals surface area contributed by atoms with Crippen molar-refractivity contribution in [2.45, 2.75) is 83.1 Å². The second kappa shape index (κ2) is 7.69. The van der Waals surface area contributed by atoms with Gasteiger partial charge in [-0.15, -0.1) is 0 Å². The number of rotatable bonds is 3. The zero-order valence-corrected chi connectivity index (χ0v) is 20.3. The zero-order valence-electron chi connectivity index (χ0n) is 19.5. The molecule has 5 rings (SSSR count). The minimum Gasteiger partial charge on any atom is -0.393 e. The van der Waals surface area contributed by atoms with E-state index in [-0.39, 0.29) is 21.8 Å². The zero-order chi connectivity index (χ0) is 22.7. The highest BCUT2D eigenvalue weighted by molar-refractivity contribution is 7.89. The molecule has 6 heteroatoms. The molecule has 0 heterocycles. The lowest BCUT2D eigenvalue weighted by atomic mass is 9.48. The summed E-state index contributed by atoms with van der Waals surface area (Å²) in [6, 6.07) is 6.89. The van der Waals surface area contributed by atoms with Crippen molar-refractivity contribution in [3.8, 4) is 0 Å². The molecule has 0 aromatic heterocycles. The molecule has 0 saturated heterocycles. The molecule has 3 fully saturated rings. The predicted octanol–water partition coefficient (Wildman–Crippen LogP) is 4.95. The predicted molar refractivity (Wildman–Crippen MR) is 127 cm³/mol. The first-order chi connectivity index (χ1) is 15.1. The van der Waals surface area contributed by atoms with Gasteiger partial charge in [-0.25, -0.2) is 4.83 Å². The lowest BCUT2D eigenvalue weighted by Gasteiger charge is -2.57. The number of hydrazone groups is 1. The molecule has 1 aromatic carbocycles. The van der Waals surface area contributed by atoms with Gasteiger partial charge >= 0.3 is 0 Å². The molecule has 2 N–H and O–H groups in total. The third kappa shape index (κ3) is 3.45. The van der Waals surface area contributed by atoms with Crippen LogP contribution in [0.3, 0.4) is 0 Å². The molecule has 4 aliphatic rings. The summed E-state index contributed by atoms with van der Waals surface area (Å²) in [4.78, 5) is 2.80. The number of hydrogen-bond donors (Lipinski definition) is 2. The number of benzene rings is 1. The summed E-state index contributed by atoms with van der Waals surface area (Å²) in [5.41, 5.74) is 3.72. The molecule has 174 valence electrons. The Morgan fingerprint density at radius 1 is 1.03 bits per heavy atom. The molecule has 4 aliphatic carbocycles. The molecule has 0 radical (unpaired) electrons. The molecule has 0 aliphatic heterocycles. The van der Waals surface area contributed by atoms with Gasteiger partial charge < -0.3 is 5.11 Å². The number of aryl methyl sites for hydroxylation is 1. The van der Waals surface area contributed by atoms with Crippen LogP contribution in [-0.4, -0.2) is 25.3 Å². The van der Waals surface area contributed by atoms with E-state index >= 15 is 0 Å². The van der Waals surface area contributed by atoms with Crippen molar-refractivity contribution in [3.05, 3.63) is 41.5 Å². The Morgan fingerprint density at radius 3 is 2.47 bits per heavy atom. The van der Waals surface area contributed by atoms with Crippen LogP contribution in [0.25, 0.3) is 0 Å². The monoisotopic (exact) mass is 456 g/mol. The van der Waals surface area contributed by atoms with Crippen LogP contribution in [0.5, 0.6) is 0 Å². The molecule has 1 aromatic rings. The summed E-state index contributed by atoms with van der Waals surface area (Å²) in [5.74, 6) is 1.83. The van der Waals surface area contributed by atoms with Gasteiger partial charge in [0.05, 0.1) is 11.0 Å². The van der Waals surface area contributed by atoms with E-state index in [0.717, 1.165) is 62.6 Å². The van der Waals surface area contributed by atoms with Crippen LogP contribution in [0.2, 0.25) is 0 Å². The molecule has 0 bridgehead atoms. The summed E-state index contributed by atoms with van der Waals surface area (Å²) >= 11 is 0. The Morgan fingerprint density at radius 2 is 1.72 bits per heavy atom. The SMILES string of the molecule is Cc1ccc(S(=O)(=O)NN=C2CCC3C4CC=C5CC(O)CCC5(C)C4CCC23C)cc1. The third-order valence-corrected chi connectivity index (χ3v) is 10.7. The van der Waals surface area contributed by atoms with E-state index in [0.29, 0.717) is 17.8 Å².